The molecule has 102 valence electrons. The average molecular weight is 250 g/mol. The van der Waals surface area contributed by atoms with E-state index in [2.05, 4.69) is 53.7 Å². The number of nitrogens with zero attached hydrogens (tertiary/aromatic N) is 3. The van der Waals surface area contributed by atoms with Gasteiger partial charge in [-0.2, -0.15) is 0 Å². The van der Waals surface area contributed by atoms with E-state index in [9.17, 15) is 0 Å². The van der Waals surface area contributed by atoms with Crippen LogP contribution in [0.5, 0.6) is 0 Å². The first-order valence-electron chi connectivity index (χ1n) is 7.15. The predicted octanol–water partition coefficient (Wildman–Crippen LogP) is 2.67. The maximum Gasteiger partial charge on any atom is 0.203 e. The number of imidazole rings is 1. The predicted molar refractivity (Wildman–Crippen MR) is 76.1 cm³/mol. The molecular weight excluding hydrogens is 224 g/mol. The monoisotopic (exact) mass is 250 g/mol. The van der Waals surface area contributed by atoms with E-state index in [0.29, 0.717) is 12.1 Å². The number of likely N-dealkylation sites (tertiary alicyclic amines) is 1. The van der Waals surface area contributed by atoms with Crippen LogP contribution in [0.2, 0.25) is 0 Å². The second kappa shape index (κ2) is 5.74. The smallest absolute Gasteiger partial charge is 0.203 e. The molecular formula is C14H26N4. The average Bonchev–Trinajstić information content (AvgIpc) is 2.91. The lowest BCUT2D eigenvalue weighted by Gasteiger charge is -2.23. The molecule has 2 rings (SSSR count). The summed E-state index contributed by atoms with van der Waals surface area (Å²) in [4.78, 5) is 7.14. The first-order valence-corrected chi connectivity index (χ1v) is 7.15. The van der Waals surface area contributed by atoms with Crippen LogP contribution in [0.3, 0.4) is 0 Å². The van der Waals surface area contributed by atoms with Gasteiger partial charge in [0, 0.05) is 24.8 Å². The van der Waals surface area contributed by atoms with Gasteiger partial charge in [-0.15, -0.1) is 0 Å². The minimum absolute atomic E-state index is 0.458. The molecule has 1 saturated heterocycles. The van der Waals surface area contributed by atoms with Crippen molar-refractivity contribution >= 4 is 5.95 Å². The van der Waals surface area contributed by atoms with Crippen molar-refractivity contribution in [2.24, 2.45) is 0 Å². The highest BCUT2D eigenvalue weighted by molar-refractivity contribution is 5.29. The molecule has 0 amide bonds. The van der Waals surface area contributed by atoms with Crippen molar-refractivity contribution in [3.8, 4) is 0 Å². The van der Waals surface area contributed by atoms with E-state index in [1.807, 2.05) is 0 Å². The molecule has 0 bridgehead atoms. The summed E-state index contributed by atoms with van der Waals surface area (Å²) in [6.45, 7) is 12.1. The summed E-state index contributed by atoms with van der Waals surface area (Å²) >= 11 is 0. The molecule has 1 aromatic heterocycles. The molecule has 1 aromatic rings. The van der Waals surface area contributed by atoms with Gasteiger partial charge in [-0.25, -0.2) is 4.98 Å². The third kappa shape index (κ3) is 2.86. The van der Waals surface area contributed by atoms with Crippen LogP contribution in [0.1, 0.15) is 45.3 Å². The standard InChI is InChI=1S/C14H26N4/c1-5-17-8-6-7-13(17)9-15-14-16-12(4)10-18(14)11(2)3/h10-11,13H,5-9H2,1-4H3,(H,15,16). The van der Waals surface area contributed by atoms with Crippen LogP contribution in [0, 0.1) is 6.92 Å². The molecule has 1 fully saturated rings. The van der Waals surface area contributed by atoms with E-state index in [0.717, 1.165) is 24.7 Å². The van der Waals surface area contributed by atoms with Crippen molar-refractivity contribution in [2.45, 2.75) is 52.6 Å². The summed E-state index contributed by atoms with van der Waals surface area (Å²) in [5, 5.41) is 3.53. The van der Waals surface area contributed by atoms with E-state index in [1.165, 1.54) is 19.4 Å². The minimum atomic E-state index is 0.458. The highest BCUT2D eigenvalue weighted by Gasteiger charge is 2.23. The van der Waals surface area contributed by atoms with Crippen LogP contribution in [-0.2, 0) is 0 Å². The van der Waals surface area contributed by atoms with Crippen molar-refractivity contribution < 1.29 is 0 Å². The lowest BCUT2D eigenvalue weighted by atomic mass is 10.2. The van der Waals surface area contributed by atoms with Crippen LogP contribution in [0.15, 0.2) is 6.20 Å². The fraction of sp³-hybridized carbons (Fsp3) is 0.786. The lowest BCUT2D eigenvalue weighted by Crippen LogP contribution is -2.35. The molecule has 1 unspecified atom stereocenters. The summed E-state index contributed by atoms with van der Waals surface area (Å²) in [7, 11) is 0. The Morgan fingerprint density at radius 3 is 2.94 bits per heavy atom. The van der Waals surface area contributed by atoms with Gasteiger partial charge < -0.3 is 9.88 Å². The summed E-state index contributed by atoms with van der Waals surface area (Å²) in [5.74, 6) is 1.02. The molecule has 0 aliphatic carbocycles. The lowest BCUT2D eigenvalue weighted by molar-refractivity contribution is 0.276. The summed E-state index contributed by atoms with van der Waals surface area (Å²) in [6, 6.07) is 1.13. The third-order valence-electron chi connectivity index (χ3n) is 3.81. The fourth-order valence-corrected chi connectivity index (χ4v) is 2.79. The molecule has 0 spiro atoms. The van der Waals surface area contributed by atoms with Crippen LogP contribution in [0.4, 0.5) is 5.95 Å². The molecule has 4 nitrogen and oxygen atoms in total. The normalized spacial score (nSPS) is 20.8. The van der Waals surface area contributed by atoms with Gasteiger partial charge in [0.1, 0.15) is 0 Å². The SMILES string of the molecule is CCN1CCCC1CNc1nc(C)cn1C(C)C. The van der Waals surface area contributed by atoms with Crippen LogP contribution in [0.25, 0.3) is 0 Å². The maximum absolute atomic E-state index is 4.58. The molecule has 0 radical (unpaired) electrons. The van der Waals surface area contributed by atoms with Gasteiger partial charge in [-0.05, 0) is 46.7 Å². The number of rotatable bonds is 5. The Labute approximate surface area is 110 Å². The van der Waals surface area contributed by atoms with Gasteiger partial charge in [0.25, 0.3) is 0 Å². The Bertz CT molecular complexity index is 383. The minimum Gasteiger partial charge on any atom is -0.354 e. The van der Waals surface area contributed by atoms with Gasteiger partial charge in [-0.1, -0.05) is 6.92 Å². The van der Waals surface area contributed by atoms with Gasteiger partial charge in [0.05, 0.1) is 5.69 Å². The number of nitrogens with one attached hydrogen (secondary N) is 1. The first kappa shape index (κ1) is 13.4. The van der Waals surface area contributed by atoms with E-state index in [-0.39, 0.29) is 0 Å². The molecule has 2 heterocycles. The van der Waals surface area contributed by atoms with Gasteiger partial charge in [0.2, 0.25) is 5.95 Å². The van der Waals surface area contributed by atoms with Crippen LogP contribution < -0.4 is 5.32 Å². The van der Waals surface area contributed by atoms with E-state index >= 15 is 0 Å². The Morgan fingerprint density at radius 1 is 1.50 bits per heavy atom. The zero-order valence-corrected chi connectivity index (χ0v) is 12.1. The summed E-state index contributed by atoms with van der Waals surface area (Å²) in [6.07, 6.45) is 4.76. The maximum atomic E-state index is 4.58. The van der Waals surface area contributed by atoms with Crippen molar-refractivity contribution in [3.63, 3.8) is 0 Å². The van der Waals surface area contributed by atoms with E-state index < -0.39 is 0 Å². The second-order valence-corrected chi connectivity index (χ2v) is 5.51. The molecule has 18 heavy (non-hydrogen) atoms. The van der Waals surface area contributed by atoms with Gasteiger partial charge in [0.15, 0.2) is 0 Å². The summed E-state index contributed by atoms with van der Waals surface area (Å²) in [5.41, 5.74) is 1.09. The Morgan fingerprint density at radius 2 is 2.28 bits per heavy atom. The number of aromatic nitrogens is 2. The van der Waals surface area contributed by atoms with Crippen molar-refractivity contribution in [1.82, 2.24) is 14.5 Å². The van der Waals surface area contributed by atoms with Crippen LogP contribution in [-0.4, -0.2) is 40.1 Å². The van der Waals surface area contributed by atoms with Crippen molar-refractivity contribution in [3.05, 3.63) is 11.9 Å². The molecule has 1 N–H and O–H groups in total. The van der Waals surface area contributed by atoms with E-state index in [1.54, 1.807) is 0 Å². The fourth-order valence-electron chi connectivity index (χ4n) is 2.79. The zero-order valence-electron chi connectivity index (χ0n) is 12.1. The number of aryl methyl sites for hydroxylation is 1. The number of hydrogen-bond donors (Lipinski definition) is 1. The van der Waals surface area contributed by atoms with Crippen LogP contribution >= 0.6 is 0 Å². The number of likely N-dealkylation sites (N-methyl/N-ethyl adjacent to an activating group) is 1. The molecule has 1 aliphatic heterocycles. The number of anilines is 1. The summed E-state index contributed by atoms with van der Waals surface area (Å²) < 4.78 is 2.22. The largest absolute Gasteiger partial charge is 0.354 e. The van der Waals surface area contributed by atoms with E-state index in [4.69, 9.17) is 0 Å². The zero-order chi connectivity index (χ0) is 13.1. The Kier molecular flexibility index (Phi) is 4.27. The Balaban J connectivity index is 1.97. The molecule has 1 atom stereocenters. The van der Waals surface area contributed by atoms with Crippen molar-refractivity contribution in [1.29, 1.82) is 0 Å². The Hall–Kier alpha value is -1.03. The highest BCUT2D eigenvalue weighted by Crippen LogP contribution is 2.19. The molecule has 4 heteroatoms. The first-order chi connectivity index (χ1) is 8.61. The topological polar surface area (TPSA) is 33.1 Å². The number of hydrogen-bond acceptors (Lipinski definition) is 3. The van der Waals surface area contributed by atoms with Gasteiger partial charge in [-0.3, -0.25) is 4.90 Å². The molecule has 0 aromatic carbocycles. The van der Waals surface area contributed by atoms with Crippen molar-refractivity contribution in [2.75, 3.05) is 25.0 Å². The second-order valence-electron chi connectivity index (χ2n) is 5.51. The van der Waals surface area contributed by atoms with Gasteiger partial charge >= 0.3 is 0 Å². The quantitative estimate of drug-likeness (QED) is 0.872. The molecule has 0 saturated carbocycles. The highest BCUT2D eigenvalue weighted by atomic mass is 15.2. The molecule has 1 aliphatic rings. The third-order valence-corrected chi connectivity index (χ3v) is 3.81.